The average Bonchev–Trinajstić information content (AvgIpc) is 3.13. The Labute approximate surface area is 238 Å². The van der Waals surface area contributed by atoms with Crippen LogP contribution in [0.2, 0.25) is 0 Å². The molecule has 0 spiro atoms. The fourth-order valence-corrected chi connectivity index (χ4v) is 5.41. The van der Waals surface area contributed by atoms with Crippen LogP contribution in [0.15, 0.2) is 42.5 Å². The topological polar surface area (TPSA) is 76.2 Å². The number of piperidine rings is 1. The van der Waals surface area contributed by atoms with Gasteiger partial charge in [-0.05, 0) is 79.8 Å². The third kappa shape index (κ3) is 9.07. The molecule has 4 rings (SSSR count). The van der Waals surface area contributed by atoms with Crippen LogP contribution in [0.4, 0.5) is 0 Å². The highest BCUT2D eigenvalue weighted by atomic mass is 35.5. The van der Waals surface area contributed by atoms with E-state index in [2.05, 4.69) is 17.0 Å². The quantitative estimate of drug-likeness (QED) is 0.307. The minimum absolute atomic E-state index is 0. The number of amides is 1. The van der Waals surface area contributed by atoms with Crippen molar-refractivity contribution < 1.29 is 23.9 Å². The van der Waals surface area contributed by atoms with Crippen LogP contribution in [-0.2, 0) is 33.7 Å². The first-order valence-electron chi connectivity index (χ1n) is 13.9. The molecule has 8 heteroatoms. The van der Waals surface area contributed by atoms with Crippen molar-refractivity contribution in [2.75, 3.05) is 39.4 Å². The maximum atomic E-state index is 13.0. The Kier molecular flexibility index (Phi) is 11.8. The second kappa shape index (κ2) is 15.0. The largest absolute Gasteiger partial charge is 0.482 e. The van der Waals surface area contributed by atoms with Gasteiger partial charge in [0.15, 0.2) is 12.4 Å². The number of nitrogens with zero attached hydrogens (tertiary/aromatic N) is 2. The van der Waals surface area contributed by atoms with Gasteiger partial charge < -0.3 is 14.4 Å². The molecule has 0 N–H and O–H groups in total. The molecule has 2 aliphatic rings. The summed E-state index contributed by atoms with van der Waals surface area (Å²) in [6.45, 7) is 8.07. The summed E-state index contributed by atoms with van der Waals surface area (Å²) in [6.07, 6.45) is 5.38. The molecule has 1 amide bonds. The van der Waals surface area contributed by atoms with E-state index in [1.54, 1.807) is 13.8 Å². The second-order valence-electron chi connectivity index (χ2n) is 10.4. The molecule has 39 heavy (non-hydrogen) atoms. The van der Waals surface area contributed by atoms with Crippen LogP contribution in [-0.4, -0.2) is 66.9 Å². The van der Waals surface area contributed by atoms with Crippen LogP contribution in [0.1, 0.15) is 66.6 Å². The SMILES string of the molecule is CCOC(=O)COc1ccc(CN2CCc3ccc(C(=O)CCC4CCN(C(C)=O)CC4)cc3CC2)cc1.Cl. The summed E-state index contributed by atoms with van der Waals surface area (Å²) in [4.78, 5) is 40.3. The standard InChI is InChI=1S/C31H40N2O5.ClH/c1-3-37-31(36)22-38-29-9-4-25(5-10-29)21-32-16-14-26-7-8-28(20-27(26)15-17-32)30(35)11-6-24-12-18-33(19-13-24)23(2)34;/h4-5,7-10,20,24H,3,6,11-19,21-22H2,1-2H3;1H. The summed E-state index contributed by atoms with van der Waals surface area (Å²) in [7, 11) is 0. The van der Waals surface area contributed by atoms with E-state index in [4.69, 9.17) is 9.47 Å². The van der Waals surface area contributed by atoms with Crippen molar-refractivity contribution in [3.05, 3.63) is 64.7 Å². The first-order valence-corrected chi connectivity index (χ1v) is 13.9. The van der Waals surface area contributed by atoms with Gasteiger partial charge in [-0.3, -0.25) is 14.5 Å². The maximum absolute atomic E-state index is 13.0. The number of benzene rings is 2. The van der Waals surface area contributed by atoms with E-state index in [1.165, 1.54) is 16.7 Å². The minimum atomic E-state index is -0.364. The Balaban J connectivity index is 0.00000420. The number of carbonyl (C=O) groups excluding carboxylic acids is 3. The molecule has 0 aliphatic carbocycles. The number of hydrogen-bond acceptors (Lipinski definition) is 6. The molecule has 0 saturated carbocycles. The van der Waals surface area contributed by atoms with Crippen molar-refractivity contribution >= 4 is 30.1 Å². The molecule has 2 heterocycles. The van der Waals surface area contributed by atoms with Crippen molar-refractivity contribution in [1.82, 2.24) is 9.80 Å². The number of fused-ring (bicyclic) bond motifs is 1. The van der Waals surface area contributed by atoms with E-state index in [0.29, 0.717) is 24.7 Å². The zero-order chi connectivity index (χ0) is 26.9. The summed E-state index contributed by atoms with van der Waals surface area (Å²) in [5.74, 6) is 1.20. The Morgan fingerprint density at radius 1 is 0.923 bits per heavy atom. The Bertz CT molecular complexity index is 1110. The van der Waals surface area contributed by atoms with Gasteiger partial charge in [-0.25, -0.2) is 4.79 Å². The smallest absolute Gasteiger partial charge is 0.344 e. The molecule has 0 unspecified atom stereocenters. The highest BCUT2D eigenvalue weighted by Crippen LogP contribution is 2.25. The predicted molar refractivity (Wildman–Crippen MR) is 153 cm³/mol. The molecule has 2 aromatic carbocycles. The molecule has 0 atom stereocenters. The number of likely N-dealkylation sites (tertiary alicyclic amines) is 1. The van der Waals surface area contributed by atoms with Gasteiger partial charge in [0.25, 0.3) is 0 Å². The molecule has 0 radical (unpaired) electrons. The molecule has 0 aromatic heterocycles. The van der Waals surface area contributed by atoms with Gasteiger partial charge in [0, 0.05) is 51.6 Å². The van der Waals surface area contributed by atoms with Crippen LogP contribution in [0.3, 0.4) is 0 Å². The van der Waals surface area contributed by atoms with E-state index in [0.717, 1.165) is 70.4 Å². The van der Waals surface area contributed by atoms with Gasteiger partial charge >= 0.3 is 5.97 Å². The highest BCUT2D eigenvalue weighted by Gasteiger charge is 2.22. The van der Waals surface area contributed by atoms with Crippen LogP contribution in [0, 0.1) is 5.92 Å². The van der Waals surface area contributed by atoms with Crippen molar-refractivity contribution in [2.24, 2.45) is 5.92 Å². The molecular weight excluding hydrogens is 516 g/mol. The van der Waals surface area contributed by atoms with E-state index >= 15 is 0 Å². The number of Topliss-reactive ketones (excluding diaryl/α,β-unsaturated/α-hetero) is 1. The van der Waals surface area contributed by atoms with Gasteiger partial charge in [-0.15, -0.1) is 12.4 Å². The van der Waals surface area contributed by atoms with E-state index in [9.17, 15) is 14.4 Å². The van der Waals surface area contributed by atoms with Gasteiger partial charge in [0.2, 0.25) is 5.91 Å². The lowest BCUT2D eigenvalue weighted by Gasteiger charge is -2.31. The van der Waals surface area contributed by atoms with Crippen LogP contribution in [0.5, 0.6) is 5.75 Å². The Hall–Kier alpha value is -2.90. The lowest BCUT2D eigenvalue weighted by Crippen LogP contribution is -2.37. The first-order chi connectivity index (χ1) is 18.4. The van der Waals surface area contributed by atoms with Gasteiger partial charge in [-0.1, -0.05) is 24.3 Å². The molecule has 1 fully saturated rings. The third-order valence-corrected chi connectivity index (χ3v) is 7.75. The van der Waals surface area contributed by atoms with E-state index in [1.807, 2.05) is 35.2 Å². The molecule has 0 bridgehead atoms. The van der Waals surface area contributed by atoms with Crippen LogP contribution in [0.25, 0.3) is 0 Å². The molecular formula is C31H41ClN2O5. The summed E-state index contributed by atoms with van der Waals surface area (Å²) in [5.41, 5.74) is 4.65. The molecule has 7 nitrogen and oxygen atoms in total. The molecule has 2 aromatic rings. The number of hydrogen-bond donors (Lipinski definition) is 0. The van der Waals surface area contributed by atoms with Crippen LogP contribution >= 0.6 is 12.4 Å². The van der Waals surface area contributed by atoms with Crippen molar-refractivity contribution in [2.45, 2.75) is 58.9 Å². The zero-order valence-electron chi connectivity index (χ0n) is 23.2. The first kappa shape index (κ1) is 30.6. The number of carbonyl (C=O) groups is 3. The summed E-state index contributed by atoms with van der Waals surface area (Å²) < 4.78 is 10.4. The number of ketones is 1. The van der Waals surface area contributed by atoms with Gasteiger partial charge in [0.05, 0.1) is 6.61 Å². The van der Waals surface area contributed by atoms with Crippen molar-refractivity contribution in [3.63, 3.8) is 0 Å². The zero-order valence-corrected chi connectivity index (χ0v) is 24.0. The third-order valence-electron chi connectivity index (χ3n) is 7.75. The van der Waals surface area contributed by atoms with E-state index in [-0.39, 0.29) is 36.7 Å². The summed E-state index contributed by atoms with van der Waals surface area (Å²) >= 11 is 0. The second-order valence-corrected chi connectivity index (χ2v) is 10.4. The summed E-state index contributed by atoms with van der Waals surface area (Å²) in [6, 6.07) is 14.1. The average molecular weight is 557 g/mol. The lowest BCUT2D eigenvalue weighted by atomic mass is 9.89. The monoisotopic (exact) mass is 556 g/mol. The van der Waals surface area contributed by atoms with Gasteiger partial charge in [0.1, 0.15) is 5.75 Å². The lowest BCUT2D eigenvalue weighted by molar-refractivity contribution is -0.145. The molecule has 1 saturated heterocycles. The van der Waals surface area contributed by atoms with Crippen molar-refractivity contribution in [3.8, 4) is 5.75 Å². The fraction of sp³-hybridized carbons (Fsp3) is 0.516. The molecule has 2 aliphatic heterocycles. The number of ether oxygens (including phenoxy) is 2. The predicted octanol–water partition coefficient (Wildman–Crippen LogP) is 4.87. The van der Waals surface area contributed by atoms with E-state index < -0.39 is 0 Å². The fourth-order valence-electron chi connectivity index (χ4n) is 5.41. The highest BCUT2D eigenvalue weighted by molar-refractivity contribution is 5.96. The number of halogens is 1. The minimum Gasteiger partial charge on any atom is -0.482 e. The maximum Gasteiger partial charge on any atom is 0.344 e. The summed E-state index contributed by atoms with van der Waals surface area (Å²) in [5, 5.41) is 0. The Morgan fingerprint density at radius 2 is 1.62 bits per heavy atom. The number of rotatable bonds is 10. The van der Waals surface area contributed by atoms with Gasteiger partial charge in [-0.2, -0.15) is 0 Å². The number of esters is 1. The van der Waals surface area contributed by atoms with Crippen molar-refractivity contribution in [1.29, 1.82) is 0 Å². The Morgan fingerprint density at radius 3 is 2.28 bits per heavy atom. The molecule has 212 valence electrons. The van der Waals surface area contributed by atoms with Crippen LogP contribution < -0.4 is 4.74 Å². The normalized spacial score (nSPS) is 16.0.